The Labute approximate surface area is 182 Å². The first-order valence-corrected chi connectivity index (χ1v) is 11.2. The average molecular weight is 443 g/mol. The van der Waals surface area contributed by atoms with Crippen LogP contribution in [-0.4, -0.2) is 32.2 Å². The summed E-state index contributed by atoms with van der Waals surface area (Å²) in [7, 11) is -2.27. The number of rotatable bonds is 7. The molecule has 0 aliphatic rings. The first-order valence-electron chi connectivity index (χ1n) is 9.40. The lowest BCUT2D eigenvalue weighted by Gasteiger charge is -2.25. The van der Waals surface area contributed by atoms with Gasteiger partial charge in [0.05, 0.1) is 11.4 Å². The van der Waals surface area contributed by atoms with Crippen molar-refractivity contribution in [2.24, 2.45) is 0 Å². The number of nitrogens with zero attached hydrogens (tertiary/aromatic N) is 2. The van der Waals surface area contributed by atoms with E-state index in [2.05, 4.69) is 0 Å². The predicted molar refractivity (Wildman–Crippen MR) is 120 cm³/mol. The molecular formula is C23H23ClN2O3S. The van der Waals surface area contributed by atoms with E-state index in [1.807, 2.05) is 49.4 Å². The van der Waals surface area contributed by atoms with Gasteiger partial charge in [-0.3, -0.25) is 4.79 Å². The molecule has 3 aromatic rings. The molecule has 0 saturated heterocycles. The topological polar surface area (TPSA) is 57.7 Å². The molecule has 156 valence electrons. The summed E-state index contributed by atoms with van der Waals surface area (Å²) < 4.78 is 27.8. The monoisotopic (exact) mass is 442 g/mol. The zero-order valence-electron chi connectivity index (χ0n) is 16.8. The number of carbonyl (C=O) groups is 1. The SMILES string of the molecule is Cc1ccc(CN(CC(=O)N(C)c2ccccc2)S(=O)(=O)c2ccc(Cl)cc2)cc1. The first-order chi connectivity index (χ1) is 14.3. The Morgan fingerprint density at radius 1 is 0.900 bits per heavy atom. The van der Waals surface area contributed by atoms with Crippen LogP contribution in [0.15, 0.2) is 83.8 Å². The van der Waals surface area contributed by atoms with Gasteiger partial charge in [-0.1, -0.05) is 59.6 Å². The van der Waals surface area contributed by atoms with Gasteiger partial charge >= 0.3 is 0 Å². The molecule has 1 amide bonds. The Hall–Kier alpha value is -2.67. The lowest BCUT2D eigenvalue weighted by Crippen LogP contribution is -2.41. The fourth-order valence-electron chi connectivity index (χ4n) is 2.93. The van der Waals surface area contributed by atoms with Crippen molar-refractivity contribution in [2.45, 2.75) is 18.4 Å². The molecule has 0 spiro atoms. The highest BCUT2D eigenvalue weighted by Gasteiger charge is 2.28. The molecule has 0 N–H and O–H groups in total. The number of amides is 1. The summed E-state index contributed by atoms with van der Waals surface area (Å²) in [4.78, 5) is 14.5. The van der Waals surface area contributed by atoms with Crippen LogP contribution in [-0.2, 0) is 21.4 Å². The van der Waals surface area contributed by atoms with Crippen LogP contribution in [0.4, 0.5) is 5.69 Å². The fraction of sp³-hybridized carbons (Fsp3) is 0.174. The summed E-state index contributed by atoms with van der Waals surface area (Å²) in [5, 5.41) is 0.443. The molecular weight excluding hydrogens is 420 g/mol. The number of aryl methyl sites for hydroxylation is 1. The summed E-state index contributed by atoms with van der Waals surface area (Å²) in [6.07, 6.45) is 0. The van der Waals surface area contributed by atoms with Gasteiger partial charge in [-0.05, 0) is 48.9 Å². The summed E-state index contributed by atoms with van der Waals surface area (Å²) in [6, 6.07) is 22.6. The van der Waals surface area contributed by atoms with Gasteiger partial charge < -0.3 is 4.90 Å². The molecule has 0 saturated carbocycles. The van der Waals surface area contributed by atoms with Crippen LogP contribution in [0.2, 0.25) is 5.02 Å². The van der Waals surface area contributed by atoms with Crippen LogP contribution in [0.5, 0.6) is 0 Å². The first kappa shape index (κ1) is 22.0. The molecule has 0 aliphatic heterocycles. The van der Waals surface area contributed by atoms with Crippen molar-refractivity contribution in [1.82, 2.24) is 4.31 Å². The van der Waals surface area contributed by atoms with E-state index in [0.29, 0.717) is 10.7 Å². The fourth-order valence-corrected chi connectivity index (χ4v) is 4.43. The Bertz CT molecular complexity index is 1100. The van der Waals surface area contributed by atoms with E-state index in [1.54, 1.807) is 19.2 Å². The van der Waals surface area contributed by atoms with E-state index in [1.165, 1.54) is 33.5 Å². The highest BCUT2D eigenvalue weighted by Crippen LogP contribution is 2.22. The maximum atomic E-state index is 13.3. The largest absolute Gasteiger partial charge is 0.314 e. The number of anilines is 1. The van der Waals surface area contributed by atoms with Crippen molar-refractivity contribution >= 4 is 33.2 Å². The van der Waals surface area contributed by atoms with E-state index in [-0.39, 0.29) is 23.9 Å². The molecule has 5 nitrogen and oxygen atoms in total. The molecule has 0 unspecified atom stereocenters. The molecule has 0 radical (unpaired) electrons. The molecule has 0 atom stereocenters. The number of hydrogen-bond acceptors (Lipinski definition) is 3. The van der Waals surface area contributed by atoms with Gasteiger partial charge in [0.25, 0.3) is 0 Å². The number of sulfonamides is 1. The van der Waals surface area contributed by atoms with E-state index in [9.17, 15) is 13.2 Å². The van der Waals surface area contributed by atoms with E-state index in [0.717, 1.165) is 11.1 Å². The predicted octanol–water partition coefficient (Wildman–Crippen LogP) is 4.50. The number of carbonyl (C=O) groups excluding carboxylic acids is 1. The maximum absolute atomic E-state index is 13.3. The Balaban J connectivity index is 1.91. The van der Waals surface area contributed by atoms with E-state index < -0.39 is 10.0 Å². The van der Waals surface area contributed by atoms with Crippen molar-refractivity contribution in [3.63, 3.8) is 0 Å². The van der Waals surface area contributed by atoms with Gasteiger partial charge in [0.15, 0.2) is 0 Å². The highest BCUT2D eigenvalue weighted by molar-refractivity contribution is 7.89. The number of hydrogen-bond donors (Lipinski definition) is 0. The lowest BCUT2D eigenvalue weighted by molar-refractivity contribution is -0.118. The van der Waals surface area contributed by atoms with Gasteiger partial charge in [-0.15, -0.1) is 0 Å². The van der Waals surface area contributed by atoms with E-state index >= 15 is 0 Å². The standard InChI is InChI=1S/C23H23ClN2O3S/c1-18-8-10-19(11-9-18)16-26(30(28,29)22-14-12-20(24)13-15-22)17-23(27)25(2)21-6-4-3-5-7-21/h3-15H,16-17H2,1-2H3. The zero-order chi connectivity index (χ0) is 21.7. The Kier molecular flexibility index (Phi) is 6.92. The molecule has 30 heavy (non-hydrogen) atoms. The van der Waals surface area contributed by atoms with Crippen LogP contribution in [0.1, 0.15) is 11.1 Å². The number of halogens is 1. The van der Waals surface area contributed by atoms with Gasteiger partial charge in [-0.2, -0.15) is 4.31 Å². The molecule has 0 bridgehead atoms. The third-order valence-corrected chi connectivity index (χ3v) is 6.82. The second-order valence-corrected chi connectivity index (χ2v) is 9.38. The van der Waals surface area contributed by atoms with Crippen LogP contribution < -0.4 is 4.90 Å². The van der Waals surface area contributed by atoms with Crippen molar-refractivity contribution in [1.29, 1.82) is 0 Å². The van der Waals surface area contributed by atoms with Crippen molar-refractivity contribution in [3.8, 4) is 0 Å². The summed E-state index contributed by atoms with van der Waals surface area (Å²) >= 11 is 5.91. The number of para-hydroxylation sites is 1. The maximum Gasteiger partial charge on any atom is 0.243 e. The van der Waals surface area contributed by atoms with Crippen molar-refractivity contribution in [3.05, 3.63) is 95.0 Å². The molecule has 0 fully saturated rings. The van der Waals surface area contributed by atoms with Crippen LogP contribution in [0.3, 0.4) is 0 Å². The van der Waals surface area contributed by atoms with Gasteiger partial charge in [-0.25, -0.2) is 8.42 Å². The van der Waals surface area contributed by atoms with Gasteiger partial charge in [0, 0.05) is 24.3 Å². The van der Waals surface area contributed by atoms with Crippen molar-refractivity contribution < 1.29 is 13.2 Å². The molecule has 3 aromatic carbocycles. The van der Waals surface area contributed by atoms with Gasteiger partial charge in [0.2, 0.25) is 15.9 Å². The van der Waals surface area contributed by atoms with Crippen molar-refractivity contribution in [2.75, 3.05) is 18.5 Å². The Morgan fingerprint density at radius 2 is 1.50 bits per heavy atom. The molecule has 7 heteroatoms. The highest BCUT2D eigenvalue weighted by atomic mass is 35.5. The molecule has 3 rings (SSSR count). The smallest absolute Gasteiger partial charge is 0.243 e. The zero-order valence-corrected chi connectivity index (χ0v) is 18.4. The third-order valence-electron chi connectivity index (χ3n) is 4.76. The normalized spacial score (nSPS) is 11.5. The third kappa shape index (κ3) is 5.27. The minimum absolute atomic E-state index is 0.0829. The molecule has 0 aromatic heterocycles. The average Bonchev–Trinajstić information content (AvgIpc) is 2.75. The second kappa shape index (κ2) is 9.43. The van der Waals surface area contributed by atoms with Crippen LogP contribution in [0.25, 0.3) is 0 Å². The lowest BCUT2D eigenvalue weighted by atomic mass is 10.1. The minimum Gasteiger partial charge on any atom is -0.314 e. The quantitative estimate of drug-likeness (QED) is 0.541. The Morgan fingerprint density at radius 3 is 2.10 bits per heavy atom. The minimum atomic E-state index is -3.91. The second-order valence-electron chi connectivity index (χ2n) is 7.00. The summed E-state index contributed by atoms with van der Waals surface area (Å²) in [6.45, 7) is 1.76. The summed E-state index contributed by atoms with van der Waals surface area (Å²) in [5.74, 6) is -0.328. The van der Waals surface area contributed by atoms with Gasteiger partial charge in [0.1, 0.15) is 0 Å². The van der Waals surface area contributed by atoms with E-state index in [4.69, 9.17) is 11.6 Å². The number of likely N-dealkylation sites (N-methyl/N-ethyl adjacent to an activating group) is 1. The molecule has 0 aliphatic carbocycles. The van der Waals surface area contributed by atoms with Crippen LogP contribution >= 0.6 is 11.6 Å². The van der Waals surface area contributed by atoms with Crippen LogP contribution in [0, 0.1) is 6.92 Å². The number of benzene rings is 3. The molecule has 0 heterocycles. The summed E-state index contributed by atoms with van der Waals surface area (Å²) in [5.41, 5.74) is 2.57.